The van der Waals surface area contributed by atoms with Gasteiger partial charge in [0.25, 0.3) is 0 Å². The maximum absolute atomic E-state index is 9.50. The van der Waals surface area contributed by atoms with Crippen LogP contribution in [0.3, 0.4) is 0 Å². The van der Waals surface area contributed by atoms with Crippen molar-refractivity contribution < 1.29 is 29.4 Å². The van der Waals surface area contributed by atoms with Gasteiger partial charge in [-0.3, -0.25) is 0 Å². The first kappa shape index (κ1) is 14.8. The van der Waals surface area contributed by atoms with E-state index in [1.165, 1.54) is 0 Å². The molecule has 8 aromatic carbocycles. The normalized spacial score (nSPS) is 16.5. The highest BCUT2D eigenvalue weighted by molar-refractivity contribution is 6.24. The van der Waals surface area contributed by atoms with Crippen LogP contribution in [0.25, 0.3) is 98.8 Å². The van der Waals surface area contributed by atoms with Crippen molar-refractivity contribution in [1.82, 2.24) is 0 Å². The summed E-state index contributed by atoms with van der Waals surface area (Å²) in [4.78, 5) is 0. The Bertz CT molecular complexity index is 3570. The lowest BCUT2D eigenvalue weighted by molar-refractivity contribution is 0.630. The molecule has 0 saturated heterocycles. The Labute approximate surface area is 285 Å². The van der Waals surface area contributed by atoms with Crippen LogP contribution in [0.5, 0.6) is 0 Å². The zero-order chi connectivity index (χ0) is 43.2. The number of para-hydroxylation sites is 1. The van der Waals surface area contributed by atoms with Gasteiger partial charge in [0, 0.05) is 33.4 Å². The molecule has 0 spiro atoms. The molecule has 0 saturated carbocycles. The Kier molecular flexibility index (Phi) is 3.11. The maximum Gasteiger partial charge on any atom is 0.144 e. The Balaban J connectivity index is 1.51. The van der Waals surface area contributed by atoms with E-state index in [0.717, 1.165) is 10.8 Å². The first-order chi connectivity index (χ1) is 29.1. The van der Waals surface area contributed by atoms with Crippen LogP contribution in [0.1, 0.15) is 20.6 Å². The van der Waals surface area contributed by atoms with Crippen molar-refractivity contribution in [3.8, 4) is 33.6 Å². The first-order valence-electron chi connectivity index (χ1n) is 22.0. The predicted molar refractivity (Wildman–Crippen MR) is 192 cm³/mol. The molecule has 2 heteroatoms. The van der Waals surface area contributed by atoms with Crippen LogP contribution in [0.15, 0.2) is 166 Å². The Morgan fingerprint density at radius 2 is 1.02 bits per heavy atom. The van der Waals surface area contributed by atoms with Crippen molar-refractivity contribution in [2.24, 2.45) is 0 Å². The molecule has 0 aliphatic carbocycles. The number of benzene rings is 8. The third kappa shape index (κ3) is 3.65. The molecule has 10 rings (SSSR count). The number of fused-ring (bicyclic) bond motifs is 7. The summed E-state index contributed by atoms with van der Waals surface area (Å²) >= 11 is 0. The molecule has 0 aliphatic rings. The van der Waals surface area contributed by atoms with Crippen LogP contribution in [0.4, 0.5) is 0 Å². The summed E-state index contributed by atoms with van der Waals surface area (Å²) in [6.07, 6.45) is 0. The van der Waals surface area contributed by atoms with Gasteiger partial charge in [-0.05, 0) is 67.2 Å². The topological polar surface area (TPSA) is 26.3 Å². The van der Waals surface area contributed by atoms with E-state index >= 15 is 0 Å². The molecule has 0 aliphatic heterocycles. The average Bonchev–Trinajstić information content (AvgIpc) is 3.81. The highest BCUT2D eigenvalue weighted by Gasteiger charge is 2.25. The average molecular weight is 602 g/mol. The highest BCUT2D eigenvalue weighted by atomic mass is 16.3. The fraction of sp³-hybridized carbons (Fsp3) is 0. The summed E-state index contributed by atoms with van der Waals surface area (Å²) < 4.78 is 148. The van der Waals surface area contributed by atoms with Crippen molar-refractivity contribution >= 4 is 65.2 Å². The zero-order valence-corrected chi connectivity index (χ0v) is 23.7. The van der Waals surface area contributed by atoms with E-state index in [2.05, 4.69) is 0 Å². The third-order valence-electron chi connectivity index (χ3n) is 8.35. The van der Waals surface area contributed by atoms with Gasteiger partial charge in [0.2, 0.25) is 0 Å². The van der Waals surface area contributed by atoms with Gasteiger partial charge in [0.05, 0.1) is 20.6 Å². The fourth-order valence-corrected chi connectivity index (χ4v) is 6.39. The second-order valence-corrected chi connectivity index (χ2v) is 10.9. The summed E-state index contributed by atoms with van der Waals surface area (Å²) in [7, 11) is 0. The number of hydrogen-bond acceptors (Lipinski definition) is 2. The Morgan fingerprint density at radius 3 is 1.78 bits per heavy atom. The molecule has 0 bridgehead atoms. The second kappa shape index (κ2) is 9.69. The van der Waals surface area contributed by atoms with Gasteiger partial charge in [-0.2, -0.15) is 0 Å². The summed E-state index contributed by atoms with van der Waals surface area (Å²) in [5, 5.41) is -0.0328. The van der Waals surface area contributed by atoms with Gasteiger partial charge in [-0.15, -0.1) is 0 Å². The minimum atomic E-state index is -0.763. The van der Waals surface area contributed by atoms with E-state index in [9.17, 15) is 8.22 Å². The van der Waals surface area contributed by atoms with E-state index in [4.69, 9.17) is 21.2 Å². The van der Waals surface area contributed by atoms with Gasteiger partial charge in [-0.25, -0.2) is 0 Å². The molecule has 0 N–H and O–H groups in total. The lowest BCUT2D eigenvalue weighted by Gasteiger charge is -2.17. The molecule has 0 fully saturated rings. The SMILES string of the molecule is [2H]c1c([2H])c([2H])c2c([2H])c(-c3c4c([2H])c([2H])c([2H])c([2H])c4c(-c4oc5cc6oc7ccccc7c6cc5c4-c4ccccc4)c4c([2H])c([2H])c([2H])c([2H])c34)c([2H])c([2H])c2c1[2H]. The van der Waals surface area contributed by atoms with Gasteiger partial charge < -0.3 is 8.83 Å². The standard InChI is InChI=1S/C44H26O2/c1-2-13-28(14-3-1)42-37-25-36-31-16-10-11-21-38(31)45-39(36)26-40(37)46-44(42)43-34-19-8-6-17-32(34)41(33-18-7-9-20-35(33)43)30-23-22-27-12-4-5-15-29(27)24-30/h1-26H/i4D,5D,6D,7D,8D,9D,12D,15D,17D,18D,19D,20D,22D,23D,24D. The minimum absolute atomic E-state index is 0.0132. The van der Waals surface area contributed by atoms with Crippen molar-refractivity contribution in [2.75, 3.05) is 0 Å². The highest BCUT2D eigenvalue weighted by Crippen LogP contribution is 2.50. The zero-order valence-electron chi connectivity index (χ0n) is 38.7. The molecular formula is C44H26O2. The van der Waals surface area contributed by atoms with Gasteiger partial charge >= 0.3 is 0 Å². The summed E-state index contributed by atoms with van der Waals surface area (Å²) in [6.45, 7) is 0. The lowest BCUT2D eigenvalue weighted by atomic mass is 9.85. The Morgan fingerprint density at radius 1 is 0.391 bits per heavy atom. The van der Waals surface area contributed by atoms with Gasteiger partial charge in [-0.1, -0.05) is 133 Å². The van der Waals surface area contributed by atoms with Crippen molar-refractivity contribution in [3.63, 3.8) is 0 Å². The second-order valence-electron chi connectivity index (χ2n) is 10.9. The van der Waals surface area contributed by atoms with Gasteiger partial charge in [0.15, 0.2) is 0 Å². The molecule has 0 radical (unpaired) electrons. The predicted octanol–water partition coefficient (Wildman–Crippen LogP) is 12.8. The summed E-state index contributed by atoms with van der Waals surface area (Å²) in [6, 6.07) is 9.54. The van der Waals surface area contributed by atoms with Crippen molar-refractivity contribution in [1.29, 1.82) is 0 Å². The molecule has 46 heavy (non-hydrogen) atoms. The molecule has 10 aromatic rings. The molecular weight excluding hydrogens is 560 g/mol. The van der Waals surface area contributed by atoms with Crippen LogP contribution >= 0.6 is 0 Å². The van der Waals surface area contributed by atoms with Crippen LogP contribution < -0.4 is 0 Å². The first-order valence-corrected chi connectivity index (χ1v) is 14.5. The lowest BCUT2D eigenvalue weighted by Crippen LogP contribution is -1.91. The summed E-state index contributed by atoms with van der Waals surface area (Å²) in [5.41, 5.74) is 1.36. The maximum atomic E-state index is 9.50. The van der Waals surface area contributed by atoms with Crippen LogP contribution in [-0.2, 0) is 0 Å². The smallest absolute Gasteiger partial charge is 0.144 e. The summed E-state index contributed by atoms with van der Waals surface area (Å²) in [5.74, 6) is -0.0132. The molecule has 0 atom stereocenters. The number of furan rings is 2. The van der Waals surface area contributed by atoms with Gasteiger partial charge in [0.1, 0.15) is 22.5 Å². The van der Waals surface area contributed by atoms with Crippen molar-refractivity contribution in [2.45, 2.75) is 0 Å². The number of rotatable bonds is 3. The molecule has 2 nitrogen and oxygen atoms in total. The molecule has 2 aromatic heterocycles. The monoisotopic (exact) mass is 601 g/mol. The number of hydrogen-bond donors (Lipinski definition) is 0. The van der Waals surface area contributed by atoms with E-state index in [1.807, 2.05) is 30.3 Å². The van der Waals surface area contributed by atoms with Crippen molar-refractivity contribution in [3.05, 3.63) is 157 Å². The quantitative estimate of drug-likeness (QED) is 0.188. The largest absolute Gasteiger partial charge is 0.456 e. The van der Waals surface area contributed by atoms with E-state index in [0.29, 0.717) is 27.7 Å². The van der Waals surface area contributed by atoms with E-state index in [1.54, 1.807) is 36.4 Å². The van der Waals surface area contributed by atoms with E-state index < -0.39 is 113 Å². The van der Waals surface area contributed by atoms with Crippen LogP contribution in [0, 0.1) is 0 Å². The fourth-order valence-electron chi connectivity index (χ4n) is 6.39. The van der Waals surface area contributed by atoms with Crippen LogP contribution in [0.2, 0.25) is 0 Å². The Hall–Kier alpha value is -6.12. The molecule has 0 amide bonds. The molecule has 0 unspecified atom stereocenters. The van der Waals surface area contributed by atoms with E-state index in [-0.39, 0.29) is 38.5 Å². The third-order valence-corrected chi connectivity index (χ3v) is 8.35. The minimum Gasteiger partial charge on any atom is -0.456 e. The van der Waals surface area contributed by atoms with Crippen LogP contribution in [-0.4, -0.2) is 0 Å². The molecule has 214 valence electrons. The molecule has 2 heterocycles.